The van der Waals surface area contributed by atoms with Crippen LogP contribution in [-0.2, 0) is 28.6 Å². The molecule has 0 spiro atoms. The summed E-state index contributed by atoms with van der Waals surface area (Å²) in [7, 11) is 0. The van der Waals surface area contributed by atoms with E-state index in [2.05, 4.69) is 112 Å². The number of rotatable bonds is 52. The van der Waals surface area contributed by atoms with Crippen LogP contribution in [0.25, 0.3) is 0 Å². The third kappa shape index (κ3) is 55.3. The first-order valence-electron chi connectivity index (χ1n) is 29.2. The van der Waals surface area contributed by atoms with Gasteiger partial charge in [-0.1, -0.05) is 266 Å². The average Bonchev–Trinajstić information content (AvgIpc) is 3.36. The zero-order valence-electron chi connectivity index (χ0n) is 45.8. The Morgan fingerprint density at radius 2 is 0.586 bits per heavy atom. The summed E-state index contributed by atoms with van der Waals surface area (Å²) in [4.78, 5) is 38.1. The summed E-state index contributed by atoms with van der Waals surface area (Å²) in [5.41, 5.74) is 0. The molecule has 0 aromatic carbocycles. The highest BCUT2D eigenvalue weighted by atomic mass is 16.6. The van der Waals surface area contributed by atoms with Crippen LogP contribution >= 0.6 is 0 Å². The van der Waals surface area contributed by atoms with Gasteiger partial charge in [0, 0.05) is 19.3 Å². The second kappa shape index (κ2) is 57.9. The maximum atomic E-state index is 12.9. The van der Waals surface area contributed by atoms with Crippen molar-refractivity contribution in [1.29, 1.82) is 0 Å². The molecule has 6 nitrogen and oxygen atoms in total. The van der Waals surface area contributed by atoms with Crippen molar-refractivity contribution in [3.63, 3.8) is 0 Å². The highest BCUT2D eigenvalue weighted by Gasteiger charge is 2.19. The number of allylic oxidation sites excluding steroid dienone is 16. The smallest absolute Gasteiger partial charge is 0.306 e. The molecule has 0 bridgehead atoms. The first-order valence-corrected chi connectivity index (χ1v) is 29.2. The van der Waals surface area contributed by atoms with Crippen LogP contribution in [-0.4, -0.2) is 37.2 Å². The van der Waals surface area contributed by atoms with Gasteiger partial charge in [-0.15, -0.1) is 0 Å². The van der Waals surface area contributed by atoms with E-state index in [0.717, 1.165) is 96.3 Å². The van der Waals surface area contributed by atoms with E-state index in [0.29, 0.717) is 19.3 Å². The summed E-state index contributed by atoms with van der Waals surface area (Å²) in [6, 6.07) is 0. The lowest BCUT2D eigenvalue weighted by atomic mass is 10.0. The molecule has 0 fully saturated rings. The normalized spacial score (nSPS) is 12.8. The van der Waals surface area contributed by atoms with E-state index in [1.807, 2.05) is 6.08 Å². The maximum Gasteiger partial charge on any atom is 0.306 e. The summed E-state index contributed by atoms with van der Waals surface area (Å²) >= 11 is 0. The predicted octanol–water partition coefficient (Wildman–Crippen LogP) is 19.7. The van der Waals surface area contributed by atoms with Gasteiger partial charge in [0.2, 0.25) is 0 Å². The van der Waals surface area contributed by atoms with Crippen molar-refractivity contribution >= 4 is 17.9 Å². The lowest BCUT2D eigenvalue weighted by Gasteiger charge is -2.18. The Labute approximate surface area is 432 Å². The minimum Gasteiger partial charge on any atom is -0.462 e. The number of unbranched alkanes of at least 4 members (excludes halogenated alkanes) is 25. The molecule has 0 aliphatic heterocycles. The second-order valence-electron chi connectivity index (χ2n) is 19.1. The van der Waals surface area contributed by atoms with Gasteiger partial charge in [0.15, 0.2) is 6.10 Å². The fraction of sp³-hybridized carbons (Fsp3) is 0.703. The standard InChI is InChI=1S/C64H108O6/c1-4-7-10-13-16-19-22-25-27-29-31-32-33-35-36-39-42-45-48-51-54-57-63(66)69-60-61(59-68-62(65)56-53-50-47-44-41-38-24-21-18-15-12-9-6-3)70-64(67)58-55-52-49-46-43-40-37-34-30-28-26-23-20-17-14-11-8-5-2/h7,9-10,12,16,18-19,21,25,27,31-32,38,41,47,50,61H,4-6,8,11,13-15,17,20,22-24,26,28-30,33-37,39-40,42-46,48-49,51-60H2,1-3H3/b10-7-,12-9-,19-16-,21-18-,27-25-,32-31-,41-38-,50-47-. The molecule has 0 aromatic heterocycles. The second-order valence-corrected chi connectivity index (χ2v) is 19.1. The van der Waals surface area contributed by atoms with Gasteiger partial charge in [-0.3, -0.25) is 14.4 Å². The summed E-state index contributed by atoms with van der Waals surface area (Å²) < 4.78 is 16.8. The quantitative estimate of drug-likeness (QED) is 0.0262. The fourth-order valence-electron chi connectivity index (χ4n) is 8.04. The largest absolute Gasteiger partial charge is 0.462 e. The topological polar surface area (TPSA) is 78.9 Å². The molecule has 0 saturated heterocycles. The van der Waals surface area contributed by atoms with Gasteiger partial charge < -0.3 is 14.2 Å². The van der Waals surface area contributed by atoms with Gasteiger partial charge in [-0.2, -0.15) is 0 Å². The first-order chi connectivity index (χ1) is 34.5. The number of hydrogen-bond acceptors (Lipinski definition) is 6. The molecule has 0 saturated carbocycles. The summed E-state index contributed by atoms with van der Waals surface area (Å²) in [5.74, 6) is -0.988. The van der Waals surface area contributed by atoms with E-state index < -0.39 is 6.10 Å². The fourth-order valence-corrected chi connectivity index (χ4v) is 8.04. The Morgan fingerprint density at radius 1 is 0.300 bits per heavy atom. The van der Waals surface area contributed by atoms with E-state index in [9.17, 15) is 14.4 Å². The van der Waals surface area contributed by atoms with Crippen LogP contribution in [0.15, 0.2) is 97.2 Å². The summed E-state index contributed by atoms with van der Waals surface area (Å²) in [6.45, 7) is 6.36. The van der Waals surface area contributed by atoms with Crippen LogP contribution in [0.3, 0.4) is 0 Å². The monoisotopic (exact) mass is 973 g/mol. The van der Waals surface area contributed by atoms with Crippen molar-refractivity contribution in [2.24, 2.45) is 0 Å². The van der Waals surface area contributed by atoms with Crippen molar-refractivity contribution in [1.82, 2.24) is 0 Å². The zero-order valence-corrected chi connectivity index (χ0v) is 45.8. The minimum absolute atomic E-state index is 0.102. The molecule has 0 heterocycles. The lowest BCUT2D eigenvalue weighted by Crippen LogP contribution is -2.30. The molecule has 0 aliphatic rings. The Hall–Kier alpha value is -3.67. The van der Waals surface area contributed by atoms with E-state index in [1.165, 1.54) is 128 Å². The number of hydrogen-bond donors (Lipinski definition) is 0. The molecule has 70 heavy (non-hydrogen) atoms. The van der Waals surface area contributed by atoms with E-state index in [-0.39, 0.29) is 37.5 Å². The Morgan fingerprint density at radius 3 is 0.957 bits per heavy atom. The van der Waals surface area contributed by atoms with Crippen molar-refractivity contribution < 1.29 is 28.6 Å². The molecule has 0 aliphatic carbocycles. The van der Waals surface area contributed by atoms with Crippen LogP contribution < -0.4 is 0 Å². The molecule has 400 valence electrons. The molecule has 0 aromatic rings. The molecular weight excluding hydrogens is 865 g/mol. The van der Waals surface area contributed by atoms with Crippen molar-refractivity contribution in [2.45, 2.75) is 277 Å². The van der Waals surface area contributed by atoms with Crippen LogP contribution in [0, 0.1) is 0 Å². The van der Waals surface area contributed by atoms with Crippen molar-refractivity contribution in [2.75, 3.05) is 13.2 Å². The van der Waals surface area contributed by atoms with Gasteiger partial charge in [0.25, 0.3) is 0 Å². The molecule has 0 N–H and O–H groups in total. The zero-order chi connectivity index (χ0) is 50.7. The van der Waals surface area contributed by atoms with E-state index >= 15 is 0 Å². The van der Waals surface area contributed by atoms with Crippen LogP contribution in [0.1, 0.15) is 271 Å². The van der Waals surface area contributed by atoms with Gasteiger partial charge in [0.05, 0.1) is 0 Å². The Kier molecular flexibility index (Phi) is 54.9. The van der Waals surface area contributed by atoms with Crippen molar-refractivity contribution in [3.8, 4) is 0 Å². The minimum atomic E-state index is -0.809. The highest BCUT2D eigenvalue weighted by Crippen LogP contribution is 2.16. The Balaban J connectivity index is 4.41. The van der Waals surface area contributed by atoms with Crippen LogP contribution in [0.5, 0.6) is 0 Å². The summed E-state index contributed by atoms with van der Waals surface area (Å²) in [6.07, 6.45) is 77.0. The van der Waals surface area contributed by atoms with Gasteiger partial charge in [0.1, 0.15) is 13.2 Å². The van der Waals surface area contributed by atoms with Gasteiger partial charge in [-0.25, -0.2) is 0 Å². The van der Waals surface area contributed by atoms with E-state index in [4.69, 9.17) is 14.2 Å². The molecular formula is C64H108O6. The average molecular weight is 974 g/mol. The number of ether oxygens (including phenoxy) is 3. The number of carbonyl (C=O) groups excluding carboxylic acids is 3. The molecule has 1 unspecified atom stereocenters. The van der Waals surface area contributed by atoms with Crippen molar-refractivity contribution in [3.05, 3.63) is 97.2 Å². The van der Waals surface area contributed by atoms with E-state index in [1.54, 1.807) is 0 Å². The maximum absolute atomic E-state index is 12.9. The predicted molar refractivity (Wildman–Crippen MR) is 302 cm³/mol. The highest BCUT2D eigenvalue weighted by molar-refractivity contribution is 5.71. The lowest BCUT2D eigenvalue weighted by molar-refractivity contribution is -0.166. The first kappa shape index (κ1) is 66.3. The molecule has 6 heteroatoms. The molecule has 1 atom stereocenters. The SMILES string of the molecule is CC/C=C\C/C=C\C/C=C\C/C=C\CCCCCCCCCCC(=O)OCC(COC(=O)CC/C=C\C/C=C\C/C=C\C/C=C\CC)OC(=O)CCCCCCCCCCCCCCCCCCCC. The Bertz CT molecular complexity index is 1400. The number of esters is 3. The third-order valence-electron chi connectivity index (χ3n) is 12.3. The van der Waals surface area contributed by atoms with Crippen LogP contribution in [0.2, 0.25) is 0 Å². The van der Waals surface area contributed by atoms with Gasteiger partial charge in [-0.05, 0) is 83.5 Å². The molecule has 0 rings (SSSR count). The molecule has 0 amide bonds. The van der Waals surface area contributed by atoms with Crippen LogP contribution in [0.4, 0.5) is 0 Å². The molecule has 0 radical (unpaired) electrons. The summed E-state index contributed by atoms with van der Waals surface area (Å²) in [5, 5.41) is 0. The van der Waals surface area contributed by atoms with Gasteiger partial charge >= 0.3 is 17.9 Å². The third-order valence-corrected chi connectivity index (χ3v) is 12.3. The number of carbonyl (C=O) groups is 3.